The number of pyridine rings is 1. The smallest absolute Gasteiger partial charge is 0.276 e. The number of anilines is 1. The number of aromatic nitrogens is 2. The van der Waals surface area contributed by atoms with Crippen LogP contribution in [-0.4, -0.2) is 27.0 Å². The van der Waals surface area contributed by atoms with Crippen LogP contribution in [0.15, 0.2) is 48.5 Å². The van der Waals surface area contributed by atoms with Gasteiger partial charge < -0.3 is 4.74 Å². The van der Waals surface area contributed by atoms with Crippen LogP contribution in [-0.2, 0) is 17.8 Å². The predicted molar refractivity (Wildman–Crippen MR) is 103 cm³/mol. The molecule has 0 saturated carbocycles. The molecule has 28 heavy (non-hydrogen) atoms. The fraction of sp³-hybridized carbons (Fsp3) is 0.158. The van der Waals surface area contributed by atoms with Crippen molar-refractivity contribution >= 4 is 28.3 Å². The van der Waals surface area contributed by atoms with Gasteiger partial charge in [-0.05, 0) is 31.2 Å². The Kier molecular flexibility index (Phi) is 6.30. The minimum Gasteiger partial charge on any atom is -0.487 e. The van der Waals surface area contributed by atoms with E-state index in [1.165, 1.54) is 11.3 Å². The third kappa shape index (κ3) is 5.12. The number of thiazole rings is 1. The average molecular weight is 398 g/mol. The summed E-state index contributed by atoms with van der Waals surface area (Å²) in [6.45, 7) is 2.02. The van der Waals surface area contributed by atoms with Crippen molar-refractivity contribution in [1.29, 1.82) is 0 Å². The van der Waals surface area contributed by atoms with Crippen LogP contribution in [0, 0.1) is 6.92 Å². The third-order valence-electron chi connectivity index (χ3n) is 3.74. The molecule has 3 rings (SSSR count). The number of carbonyl (C=O) groups excluding carboxylic acids is 2. The average Bonchev–Trinajstić information content (AvgIpc) is 3.05. The van der Waals surface area contributed by atoms with Crippen LogP contribution < -0.4 is 15.5 Å². The van der Waals surface area contributed by atoms with Gasteiger partial charge in [0.1, 0.15) is 18.1 Å². The van der Waals surface area contributed by atoms with E-state index in [0.717, 1.165) is 10.6 Å². The fourth-order valence-corrected chi connectivity index (χ4v) is 3.18. The largest absolute Gasteiger partial charge is 0.487 e. The summed E-state index contributed by atoms with van der Waals surface area (Å²) >= 11 is 1.24. The number of ether oxygens (including phenoxy) is 1. The van der Waals surface area contributed by atoms with Gasteiger partial charge in [0, 0.05) is 4.88 Å². The highest BCUT2D eigenvalue weighted by Gasteiger charge is 2.15. The first-order valence-corrected chi connectivity index (χ1v) is 9.21. The van der Waals surface area contributed by atoms with Gasteiger partial charge in [-0.25, -0.2) is 15.4 Å². The molecule has 144 valence electrons. The molecule has 3 aromatic rings. The van der Waals surface area contributed by atoms with Crippen molar-refractivity contribution < 1.29 is 19.5 Å². The Labute approximate surface area is 165 Å². The van der Waals surface area contributed by atoms with E-state index < -0.39 is 11.8 Å². The maximum Gasteiger partial charge on any atom is 0.276 e. The molecule has 3 N–H and O–H groups in total. The van der Waals surface area contributed by atoms with Crippen molar-refractivity contribution in [2.24, 2.45) is 0 Å². The summed E-state index contributed by atoms with van der Waals surface area (Å²) in [5, 5.41) is 11.7. The highest BCUT2D eigenvalue weighted by atomic mass is 32.1. The van der Waals surface area contributed by atoms with E-state index >= 15 is 0 Å². The van der Waals surface area contributed by atoms with E-state index in [9.17, 15) is 9.59 Å². The Balaban J connectivity index is 1.64. The number of rotatable bonds is 7. The lowest BCUT2D eigenvalue weighted by molar-refractivity contribution is -0.128. The van der Waals surface area contributed by atoms with Crippen LogP contribution in [0.3, 0.4) is 0 Å². The fourth-order valence-electron chi connectivity index (χ4n) is 2.36. The van der Waals surface area contributed by atoms with Crippen LogP contribution in [0.2, 0.25) is 0 Å². The zero-order valence-electron chi connectivity index (χ0n) is 15.0. The normalized spacial score (nSPS) is 10.4. The second-order valence-corrected chi connectivity index (χ2v) is 7.01. The quantitative estimate of drug-likeness (QED) is 0.417. The number of hydrogen-bond acceptors (Lipinski definition) is 7. The molecule has 0 saturated heterocycles. The molecule has 0 aliphatic heterocycles. The first kappa shape index (κ1) is 19.5. The summed E-state index contributed by atoms with van der Waals surface area (Å²) in [6, 6.07) is 14.4. The summed E-state index contributed by atoms with van der Waals surface area (Å²) in [6.07, 6.45) is -0.0702. The molecule has 1 aromatic carbocycles. The molecule has 8 nitrogen and oxygen atoms in total. The van der Waals surface area contributed by atoms with Crippen molar-refractivity contribution in [2.45, 2.75) is 20.0 Å². The molecular weight excluding hydrogens is 380 g/mol. The molecule has 0 radical (unpaired) electrons. The molecule has 0 atom stereocenters. The van der Waals surface area contributed by atoms with Gasteiger partial charge in [-0.15, -0.1) is 11.3 Å². The molecule has 9 heteroatoms. The molecule has 0 fully saturated rings. The Bertz CT molecular complexity index is 975. The number of hydroxylamine groups is 1. The monoisotopic (exact) mass is 398 g/mol. The second kappa shape index (κ2) is 9.07. The summed E-state index contributed by atoms with van der Waals surface area (Å²) in [7, 11) is 0. The van der Waals surface area contributed by atoms with E-state index in [4.69, 9.17) is 9.94 Å². The molecule has 2 amide bonds. The van der Waals surface area contributed by atoms with Crippen LogP contribution in [0.5, 0.6) is 5.75 Å². The number of amides is 2. The lowest BCUT2D eigenvalue weighted by Crippen LogP contribution is -2.21. The maximum absolute atomic E-state index is 12.5. The van der Waals surface area contributed by atoms with E-state index in [1.807, 2.05) is 30.3 Å². The first-order valence-electron chi connectivity index (χ1n) is 8.39. The molecule has 0 unspecified atom stereocenters. The molecular formula is C19H18N4O4S. The lowest BCUT2D eigenvalue weighted by Gasteiger charge is -2.07. The number of carbonyl (C=O) groups is 2. The number of benzene rings is 1. The van der Waals surface area contributed by atoms with E-state index in [2.05, 4.69) is 15.3 Å². The van der Waals surface area contributed by atoms with Crippen LogP contribution in [0.25, 0.3) is 0 Å². The Morgan fingerprint density at radius 2 is 1.89 bits per heavy atom. The third-order valence-corrected chi connectivity index (χ3v) is 4.66. The van der Waals surface area contributed by atoms with Gasteiger partial charge in [0.25, 0.3) is 5.91 Å². The summed E-state index contributed by atoms with van der Waals surface area (Å²) in [4.78, 5) is 33.1. The molecule has 0 aliphatic carbocycles. The Morgan fingerprint density at radius 1 is 1.11 bits per heavy atom. The van der Waals surface area contributed by atoms with Crippen molar-refractivity contribution in [2.75, 3.05) is 5.32 Å². The standard InChI is InChI=1S/C19H18N4O4S/c1-12-16(10-17(24)23-26)21-19(28-12)22-18(25)15-9-5-6-13(20-15)11-27-14-7-3-2-4-8-14/h2-9,26H,10-11H2,1H3,(H,23,24)(H,21,22,25). The van der Waals surface area contributed by atoms with Gasteiger partial charge in [-0.1, -0.05) is 24.3 Å². The molecule has 0 aliphatic rings. The minimum absolute atomic E-state index is 0.0702. The number of nitrogens with zero attached hydrogens (tertiary/aromatic N) is 2. The molecule has 2 aromatic heterocycles. The van der Waals surface area contributed by atoms with Gasteiger partial charge in [0.2, 0.25) is 5.91 Å². The summed E-state index contributed by atoms with van der Waals surface area (Å²) in [5.41, 5.74) is 2.90. The zero-order valence-corrected chi connectivity index (χ0v) is 15.8. The van der Waals surface area contributed by atoms with Gasteiger partial charge in [0.15, 0.2) is 5.13 Å². The van der Waals surface area contributed by atoms with E-state index in [0.29, 0.717) is 16.5 Å². The summed E-state index contributed by atoms with van der Waals surface area (Å²) in [5.74, 6) is -0.260. The molecule has 0 bridgehead atoms. The van der Waals surface area contributed by atoms with Crippen molar-refractivity contribution in [3.05, 3.63) is 70.5 Å². The lowest BCUT2D eigenvalue weighted by atomic mass is 10.3. The Hall–Kier alpha value is -3.30. The van der Waals surface area contributed by atoms with Gasteiger partial charge in [-0.3, -0.25) is 20.1 Å². The predicted octanol–water partition coefficient (Wildman–Crippen LogP) is 2.73. The number of para-hydroxylation sites is 1. The highest BCUT2D eigenvalue weighted by molar-refractivity contribution is 7.15. The number of nitrogens with one attached hydrogen (secondary N) is 2. The SMILES string of the molecule is Cc1sc(NC(=O)c2cccc(COc3ccccc3)n2)nc1CC(=O)NO. The molecule has 2 heterocycles. The van der Waals surface area contributed by atoms with Crippen molar-refractivity contribution in [3.8, 4) is 5.75 Å². The molecule has 0 spiro atoms. The number of aryl methyl sites for hydroxylation is 1. The minimum atomic E-state index is -0.570. The summed E-state index contributed by atoms with van der Waals surface area (Å²) < 4.78 is 5.65. The number of hydrogen-bond donors (Lipinski definition) is 3. The van der Waals surface area contributed by atoms with Gasteiger partial charge in [-0.2, -0.15) is 0 Å². The zero-order chi connectivity index (χ0) is 19.9. The van der Waals surface area contributed by atoms with Crippen LogP contribution in [0.1, 0.15) is 26.8 Å². The maximum atomic E-state index is 12.5. The van der Waals surface area contributed by atoms with Crippen LogP contribution in [0.4, 0.5) is 5.13 Å². The second-order valence-electron chi connectivity index (χ2n) is 5.80. The van der Waals surface area contributed by atoms with Crippen LogP contribution >= 0.6 is 11.3 Å². The first-order chi connectivity index (χ1) is 13.5. The van der Waals surface area contributed by atoms with E-state index in [1.54, 1.807) is 30.6 Å². The topological polar surface area (TPSA) is 113 Å². The van der Waals surface area contributed by atoms with Gasteiger partial charge >= 0.3 is 0 Å². The van der Waals surface area contributed by atoms with E-state index in [-0.39, 0.29) is 18.7 Å². The van der Waals surface area contributed by atoms with Gasteiger partial charge in [0.05, 0.1) is 17.8 Å². The Morgan fingerprint density at radius 3 is 2.64 bits per heavy atom. The highest BCUT2D eigenvalue weighted by Crippen LogP contribution is 2.23. The van der Waals surface area contributed by atoms with Crippen molar-refractivity contribution in [3.63, 3.8) is 0 Å². The van der Waals surface area contributed by atoms with Crippen molar-refractivity contribution in [1.82, 2.24) is 15.4 Å².